The van der Waals surface area contributed by atoms with Crippen molar-refractivity contribution >= 4 is 10.0 Å². The zero-order valence-corrected chi connectivity index (χ0v) is 14.8. The standard InChI is InChI=1S/C18H24N2O3S/c1-20-13-11-15(14-20)10-12-19-24(21,22)18-8-6-17(7-9-18)23-16-4-2-3-5-16/h6-9,11,13-14,16,19H,2-5,10,12H2,1H3. The first-order valence-electron chi connectivity index (χ1n) is 8.40. The van der Waals surface area contributed by atoms with Crippen LogP contribution in [0.5, 0.6) is 5.75 Å². The first-order chi connectivity index (χ1) is 11.5. The molecule has 1 aliphatic rings. The summed E-state index contributed by atoms with van der Waals surface area (Å²) in [5.41, 5.74) is 1.11. The van der Waals surface area contributed by atoms with Gasteiger partial charge < -0.3 is 9.30 Å². The van der Waals surface area contributed by atoms with E-state index < -0.39 is 10.0 Å². The van der Waals surface area contributed by atoms with Crippen LogP contribution in [-0.2, 0) is 23.5 Å². The van der Waals surface area contributed by atoms with Gasteiger partial charge in [-0.25, -0.2) is 13.1 Å². The maximum Gasteiger partial charge on any atom is 0.240 e. The monoisotopic (exact) mass is 348 g/mol. The highest BCUT2D eigenvalue weighted by Gasteiger charge is 2.17. The second-order valence-corrected chi connectivity index (χ2v) is 8.10. The van der Waals surface area contributed by atoms with Gasteiger partial charge in [0, 0.05) is 26.0 Å². The lowest BCUT2D eigenvalue weighted by molar-refractivity contribution is 0.210. The van der Waals surface area contributed by atoms with Gasteiger partial charge in [0.1, 0.15) is 5.75 Å². The zero-order valence-electron chi connectivity index (χ0n) is 13.9. The van der Waals surface area contributed by atoms with Crippen LogP contribution in [0.15, 0.2) is 47.6 Å². The van der Waals surface area contributed by atoms with Gasteiger partial charge in [-0.3, -0.25) is 0 Å². The molecule has 1 aromatic heterocycles. The van der Waals surface area contributed by atoms with Crippen LogP contribution in [0.4, 0.5) is 0 Å². The molecule has 6 heteroatoms. The third-order valence-electron chi connectivity index (χ3n) is 4.34. The lowest BCUT2D eigenvalue weighted by atomic mass is 10.2. The summed E-state index contributed by atoms with van der Waals surface area (Å²) >= 11 is 0. The third-order valence-corrected chi connectivity index (χ3v) is 5.81. The number of nitrogens with one attached hydrogen (secondary N) is 1. The van der Waals surface area contributed by atoms with E-state index in [1.807, 2.05) is 30.1 Å². The number of rotatable bonds is 7. The van der Waals surface area contributed by atoms with E-state index in [2.05, 4.69) is 4.72 Å². The van der Waals surface area contributed by atoms with Crippen molar-refractivity contribution in [1.29, 1.82) is 0 Å². The number of aryl methyl sites for hydroxylation is 1. The van der Waals surface area contributed by atoms with Crippen LogP contribution in [0.25, 0.3) is 0 Å². The predicted octanol–water partition coefficient (Wildman–Crippen LogP) is 2.87. The molecule has 1 heterocycles. The Hall–Kier alpha value is -1.79. The Balaban J connectivity index is 1.55. The van der Waals surface area contributed by atoms with Crippen LogP contribution in [0, 0.1) is 0 Å². The molecule has 0 spiro atoms. The number of ether oxygens (including phenoxy) is 1. The van der Waals surface area contributed by atoms with Crippen LogP contribution < -0.4 is 9.46 Å². The highest BCUT2D eigenvalue weighted by Crippen LogP contribution is 2.24. The molecule has 0 atom stereocenters. The van der Waals surface area contributed by atoms with E-state index in [1.54, 1.807) is 24.3 Å². The van der Waals surface area contributed by atoms with Crippen LogP contribution in [0.1, 0.15) is 31.2 Å². The molecular formula is C18H24N2O3S. The third kappa shape index (κ3) is 4.39. The predicted molar refractivity (Wildman–Crippen MR) is 93.6 cm³/mol. The van der Waals surface area contributed by atoms with Gasteiger partial charge in [0.2, 0.25) is 10.0 Å². The highest BCUT2D eigenvalue weighted by molar-refractivity contribution is 7.89. The molecule has 1 saturated carbocycles. The SMILES string of the molecule is Cn1ccc(CCNS(=O)(=O)c2ccc(OC3CCCC3)cc2)c1. The molecule has 0 saturated heterocycles. The van der Waals surface area contributed by atoms with Gasteiger partial charge in [-0.15, -0.1) is 0 Å². The van der Waals surface area contributed by atoms with Crippen LogP contribution in [0.2, 0.25) is 0 Å². The average Bonchev–Trinajstić information content (AvgIpc) is 3.20. The summed E-state index contributed by atoms with van der Waals surface area (Å²) in [6.45, 7) is 0.382. The molecule has 5 nitrogen and oxygen atoms in total. The summed E-state index contributed by atoms with van der Waals surface area (Å²) in [4.78, 5) is 0.273. The van der Waals surface area contributed by atoms with Crippen molar-refractivity contribution in [3.8, 4) is 5.75 Å². The minimum Gasteiger partial charge on any atom is -0.490 e. The van der Waals surface area contributed by atoms with Gasteiger partial charge >= 0.3 is 0 Å². The van der Waals surface area contributed by atoms with Gasteiger partial charge in [-0.1, -0.05) is 0 Å². The number of sulfonamides is 1. The van der Waals surface area contributed by atoms with Crippen LogP contribution in [0.3, 0.4) is 0 Å². The largest absolute Gasteiger partial charge is 0.490 e. The average molecular weight is 348 g/mol. The highest BCUT2D eigenvalue weighted by atomic mass is 32.2. The van der Waals surface area contributed by atoms with E-state index in [0.29, 0.717) is 13.0 Å². The van der Waals surface area contributed by atoms with Gasteiger partial charge in [0.15, 0.2) is 0 Å². The molecule has 1 fully saturated rings. The molecule has 3 rings (SSSR count). The summed E-state index contributed by atoms with van der Waals surface area (Å²) in [7, 11) is -1.53. The van der Waals surface area contributed by atoms with E-state index in [9.17, 15) is 8.42 Å². The van der Waals surface area contributed by atoms with Gasteiger partial charge in [-0.2, -0.15) is 0 Å². The number of benzene rings is 1. The molecule has 24 heavy (non-hydrogen) atoms. The van der Waals surface area contributed by atoms with Crippen LogP contribution in [-0.4, -0.2) is 25.6 Å². The molecule has 1 aliphatic carbocycles. The van der Waals surface area contributed by atoms with E-state index in [1.165, 1.54) is 12.8 Å². The summed E-state index contributed by atoms with van der Waals surface area (Å²) in [6, 6.07) is 8.68. The smallest absolute Gasteiger partial charge is 0.240 e. The van der Waals surface area contributed by atoms with E-state index in [4.69, 9.17) is 4.74 Å². The first-order valence-corrected chi connectivity index (χ1v) is 9.88. The van der Waals surface area contributed by atoms with Gasteiger partial charge in [0.05, 0.1) is 11.0 Å². The minimum absolute atomic E-state index is 0.273. The Labute approximate surface area is 143 Å². The molecule has 0 amide bonds. The Bertz CT molecular complexity index is 760. The topological polar surface area (TPSA) is 60.3 Å². The van der Waals surface area contributed by atoms with Gasteiger partial charge in [-0.05, 0) is 68.0 Å². The van der Waals surface area contributed by atoms with Crippen molar-refractivity contribution < 1.29 is 13.2 Å². The fraction of sp³-hybridized carbons (Fsp3) is 0.444. The Morgan fingerprint density at radius 1 is 1.17 bits per heavy atom. The number of hydrogen-bond acceptors (Lipinski definition) is 3. The van der Waals surface area contributed by atoms with Crippen LogP contribution >= 0.6 is 0 Å². The number of nitrogens with zero attached hydrogens (tertiary/aromatic N) is 1. The second-order valence-electron chi connectivity index (χ2n) is 6.33. The summed E-state index contributed by atoms with van der Waals surface area (Å²) in [5.74, 6) is 0.741. The first kappa shape index (κ1) is 17.0. The Kier molecular flexibility index (Phi) is 5.26. The molecule has 0 bridgehead atoms. The molecular weight excluding hydrogens is 324 g/mol. The maximum absolute atomic E-state index is 12.3. The normalized spacial score (nSPS) is 15.7. The van der Waals surface area contributed by atoms with Crippen molar-refractivity contribution in [2.75, 3.05) is 6.54 Å². The van der Waals surface area contributed by atoms with Crippen molar-refractivity contribution in [3.63, 3.8) is 0 Å². The van der Waals surface area contributed by atoms with Gasteiger partial charge in [0.25, 0.3) is 0 Å². The molecule has 0 aliphatic heterocycles. The van der Waals surface area contributed by atoms with Crippen molar-refractivity contribution in [2.24, 2.45) is 7.05 Å². The molecule has 130 valence electrons. The number of hydrogen-bond donors (Lipinski definition) is 1. The zero-order chi connectivity index (χ0) is 17.0. The second kappa shape index (κ2) is 7.40. The molecule has 0 radical (unpaired) electrons. The summed E-state index contributed by atoms with van der Waals surface area (Å²) in [6.07, 6.45) is 9.48. The maximum atomic E-state index is 12.3. The van der Waals surface area contributed by atoms with E-state index in [0.717, 1.165) is 24.2 Å². The fourth-order valence-corrected chi connectivity index (χ4v) is 4.05. The number of aromatic nitrogens is 1. The quantitative estimate of drug-likeness (QED) is 0.837. The molecule has 1 aromatic carbocycles. The minimum atomic E-state index is -3.48. The fourth-order valence-electron chi connectivity index (χ4n) is 3.02. The summed E-state index contributed by atoms with van der Waals surface area (Å²) in [5, 5.41) is 0. The van der Waals surface area contributed by atoms with E-state index >= 15 is 0 Å². The Morgan fingerprint density at radius 2 is 1.88 bits per heavy atom. The summed E-state index contributed by atoms with van der Waals surface area (Å²) < 4.78 is 35.1. The van der Waals surface area contributed by atoms with E-state index in [-0.39, 0.29) is 11.0 Å². The van der Waals surface area contributed by atoms with Crippen molar-refractivity contribution in [2.45, 2.75) is 43.1 Å². The molecule has 1 N–H and O–H groups in total. The lowest BCUT2D eigenvalue weighted by Gasteiger charge is -2.13. The lowest BCUT2D eigenvalue weighted by Crippen LogP contribution is -2.25. The van der Waals surface area contributed by atoms with Crippen molar-refractivity contribution in [1.82, 2.24) is 9.29 Å². The Morgan fingerprint density at radius 3 is 2.50 bits per heavy atom. The molecule has 2 aromatic rings. The molecule has 0 unspecified atom stereocenters. The van der Waals surface area contributed by atoms with Crippen molar-refractivity contribution in [3.05, 3.63) is 48.3 Å².